The molecule has 1 atom stereocenters. The van der Waals surface area contributed by atoms with E-state index in [1.54, 1.807) is 0 Å². The van der Waals surface area contributed by atoms with E-state index in [0.29, 0.717) is 11.5 Å². The van der Waals surface area contributed by atoms with Crippen molar-refractivity contribution in [2.45, 2.75) is 26.3 Å². The van der Waals surface area contributed by atoms with Crippen LogP contribution in [0.2, 0.25) is 0 Å². The first-order valence-electron chi connectivity index (χ1n) is 4.59. The second-order valence-corrected chi connectivity index (χ2v) is 5.21. The molecule has 1 rings (SSSR count). The lowest BCUT2D eigenvalue weighted by molar-refractivity contribution is 0.252. The van der Waals surface area contributed by atoms with Gasteiger partial charge in [0.1, 0.15) is 0 Å². The number of thioether (sulfide) groups is 1. The van der Waals surface area contributed by atoms with Gasteiger partial charge in [-0.05, 0) is 17.6 Å². The summed E-state index contributed by atoms with van der Waals surface area (Å²) in [5.74, 6) is 2.57. The lowest BCUT2D eigenvalue weighted by Gasteiger charge is -2.38. The molecule has 1 N–H and O–H groups in total. The van der Waals surface area contributed by atoms with Gasteiger partial charge in [0.2, 0.25) is 0 Å². The zero-order valence-electron chi connectivity index (χ0n) is 8.10. The first-order valence-corrected chi connectivity index (χ1v) is 5.74. The fourth-order valence-electron chi connectivity index (χ4n) is 1.50. The van der Waals surface area contributed by atoms with Crippen molar-refractivity contribution in [2.75, 3.05) is 18.1 Å². The van der Waals surface area contributed by atoms with E-state index in [1.807, 2.05) is 6.08 Å². The highest BCUT2D eigenvalue weighted by atomic mass is 32.2. The van der Waals surface area contributed by atoms with Crippen molar-refractivity contribution < 1.29 is 0 Å². The summed E-state index contributed by atoms with van der Waals surface area (Å²) < 4.78 is 0. The van der Waals surface area contributed by atoms with Gasteiger partial charge in [0.15, 0.2) is 0 Å². The van der Waals surface area contributed by atoms with Crippen molar-refractivity contribution in [3.05, 3.63) is 12.7 Å². The van der Waals surface area contributed by atoms with Gasteiger partial charge < -0.3 is 5.32 Å². The van der Waals surface area contributed by atoms with Crippen molar-refractivity contribution in [3.8, 4) is 0 Å². The zero-order chi connectivity index (χ0) is 9.03. The van der Waals surface area contributed by atoms with Crippen molar-refractivity contribution in [2.24, 2.45) is 5.41 Å². The van der Waals surface area contributed by atoms with E-state index in [2.05, 4.69) is 37.5 Å². The van der Waals surface area contributed by atoms with Gasteiger partial charge in [-0.2, -0.15) is 11.8 Å². The molecule has 1 unspecified atom stereocenters. The maximum absolute atomic E-state index is 3.72. The van der Waals surface area contributed by atoms with Crippen LogP contribution in [-0.2, 0) is 0 Å². The predicted molar refractivity (Wildman–Crippen MR) is 57.7 cm³/mol. The van der Waals surface area contributed by atoms with Crippen LogP contribution in [0, 0.1) is 5.41 Å². The molecule has 0 aromatic heterocycles. The minimum Gasteiger partial charge on any atom is -0.309 e. The average Bonchev–Trinajstić information content (AvgIpc) is 2.02. The minimum atomic E-state index is 0.467. The topological polar surface area (TPSA) is 12.0 Å². The molecule has 1 fully saturated rings. The van der Waals surface area contributed by atoms with Gasteiger partial charge in [-0.1, -0.05) is 19.9 Å². The average molecular weight is 185 g/mol. The minimum absolute atomic E-state index is 0.467. The summed E-state index contributed by atoms with van der Waals surface area (Å²) in [5, 5.41) is 3.52. The number of hydrogen-bond acceptors (Lipinski definition) is 2. The van der Waals surface area contributed by atoms with Crippen LogP contribution in [0.5, 0.6) is 0 Å². The Morgan fingerprint density at radius 3 is 3.00 bits per heavy atom. The van der Waals surface area contributed by atoms with Gasteiger partial charge in [-0.15, -0.1) is 6.58 Å². The normalized spacial score (nSPS) is 28.3. The standard InChI is InChI=1S/C10H19NS/c1-4-6-11-9-8-12-7-5-10(9,2)3/h4,9,11H,1,5-8H2,2-3H3. The Balaban J connectivity index is 2.42. The second kappa shape index (κ2) is 4.33. The van der Waals surface area contributed by atoms with Crippen LogP contribution >= 0.6 is 11.8 Å². The highest BCUT2D eigenvalue weighted by Gasteiger charge is 2.31. The van der Waals surface area contributed by atoms with E-state index in [1.165, 1.54) is 17.9 Å². The third-order valence-corrected chi connectivity index (χ3v) is 3.69. The van der Waals surface area contributed by atoms with E-state index in [4.69, 9.17) is 0 Å². The molecule has 0 aromatic carbocycles. The monoisotopic (exact) mass is 185 g/mol. The molecule has 0 aromatic rings. The molecule has 0 aliphatic carbocycles. The molecule has 0 spiro atoms. The molecule has 12 heavy (non-hydrogen) atoms. The summed E-state index contributed by atoms with van der Waals surface area (Å²) in [4.78, 5) is 0. The summed E-state index contributed by atoms with van der Waals surface area (Å²) in [6, 6.07) is 0.661. The molecule has 1 heterocycles. The summed E-state index contributed by atoms with van der Waals surface area (Å²) in [6.07, 6.45) is 3.27. The van der Waals surface area contributed by atoms with Crippen LogP contribution in [0.15, 0.2) is 12.7 Å². The van der Waals surface area contributed by atoms with Crippen molar-refractivity contribution in [3.63, 3.8) is 0 Å². The number of rotatable bonds is 3. The first-order chi connectivity index (χ1) is 5.67. The molecule has 0 amide bonds. The lowest BCUT2D eigenvalue weighted by atomic mass is 9.82. The van der Waals surface area contributed by atoms with E-state index in [0.717, 1.165) is 6.54 Å². The second-order valence-electron chi connectivity index (χ2n) is 4.06. The number of hydrogen-bond donors (Lipinski definition) is 1. The van der Waals surface area contributed by atoms with E-state index in [9.17, 15) is 0 Å². The molecule has 1 aliphatic rings. The zero-order valence-corrected chi connectivity index (χ0v) is 8.91. The van der Waals surface area contributed by atoms with Gasteiger partial charge in [0, 0.05) is 18.3 Å². The van der Waals surface area contributed by atoms with Crippen LogP contribution in [0.1, 0.15) is 20.3 Å². The maximum Gasteiger partial charge on any atom is 0.0212 e. The third-order valence-electron chi connectivity index (χ3n) is 2.63. The van der Waals surface area contributed by atoms with E-state index >= 15 is 0 Å². The fraction of sp³-hybridized carbons (Fsp3) is 0.800. The Morgan fingerprint density at radius 2 is 2.42 bits per heavy atom. The highest BCUT2D eigenvalue weighted by molar-refractivity contribution is 7.99. The summed E-state index contributed by atoms with van der Waals surface area (Å²) >= 11 is 2.06. The molecular weight excluding hydrogens is 166 g/mol. The van der Waals surface area contributed by atoms with Crippen molar-refractivity contribution in [1.82, 2.24) is 5.32 Å². The van der Waals surface area contributed by atoms with Crippen LogP contribution in [0.4, 0.5) is 0 Å². The van der Waals surface area contributed by atoms with Crippen LogP contribution in [-0.4, -0.2) is 24.1 Å². The van der Waals surface area contributed by atoms with Gasteiger partial charge in [-0.3, -0.25) is 0 Å². The molecule has 0 saturated carbocycles. The SMILES string of the molecule is C=CCNC1CSCCC1(C)C. The van der Waals surface area contributed by atoms with Gasteiger partial charge >= 0.3 is 0 Å². The van der Waals surface area contributed by atoms with Gasteiger partial charge in [0.25, 0.3) is 0 Å². The largest absolute Gasteiger partial charge is 0.309 e. The fourth-order valence-corrected chi connectivity index (χ4v) is 3.14. The van der Waals surface area contributed by atoms with E-state index < -0.39 is 0 Å². The van der Waals surface area contributed by atoms with Crippen LogP contribution < -0.4 is 5.32 Å². The Hall–Kier alpha value is 0.0500. The Morgan fingerprint density at radius 1 is 1.67 bits per heavy atom. The van der Waals surface area contributed by atoms with Gasteiger partial charge in [0.05, 0.1) is 0 Å². The third kappa shape index (κ3) is 2.53. The molecule has 70 valence electrons. The summed E-state index contributed by atoms with van der Waals surface area (Å²) in [7, 11) is 0. The molecule has 1 aliphatic heterocycles. The smallest absolute Gasteiger partial charge is 0.0212 e. The molecule has 1 saturated heterocycles. The van der Waals surface area contributed by atoms with E-state index in [-0.39, 0.29) is 0 Å². The van der Waals surface area contributed by atoms with Crippen molar-refractivity contribution in [1.29, 1.82) is 0 Å². The molecule has 1 nitrogen and oxygen atoms in total. The van der Waals surface area contributed by atoms with Gasteiger partial charge in [-0.25, -0.2) is 0 Å². The maximum atomic E-state index is 3.72. The predicted octanol–water partition coefficient (Wildman–Crippen LogP) is 2.29. The molecule has 0 radical (unpaired) electrons. The highest BCUT2D eigenvalue weighted by Crippen LogP contribution is 2.33. The lowest BCUT2D eigenvalue weighted by Crippen LogP contribution is -2.46. The molecule has 0 bridgehead atoms. The Labute approximate surface area is 80.0 Å². The molecule has 2 heteroatoms. The Kier molecular flexibility index (Phi) is 3.66. The van der Waals surface area contributed by atoms with Crippen LogP contribution in [0.3, 0.4) is 0 Å². The Bertz CT molecular complexity index is 154. The summed E-state index contributed by atoms with van der Waals surface area (Å²) in [5.41, 5.74) is 0.467. The van der Waals surface area contributed by atoms with Crippen molar-refractivity contribution >= 4 is 11.8 Å². The number of nitrogens with one attached hydrogen (secondary N) is 1. The summed E-state index contributed by atoms with van der Waals surface area (Å²) in [6.45, 7) is 9.37. The quantitative estimate of drug-likeness (QED) is 0.677. The van der Waals surface area contributed by atoms with Crippen LogP contribution in [0.25, 0.3) is 0 Å². The molecular formula is C10H19NS. The first kappa shape index (κ1) is 10.1.